The lowest BCUT2D eigenvalue weighted by Crippen LogP contribution is -2.44. The minimum atomic E-state index is -0.549. The number of aryl methyl sites for hydroxylation is 1. The van der Waals surface area contributed by atoms with Gasteiger partial charge < -0.3 is 9.64 Å². The first kappa shape index (κ1) is 19.9. The minimum absolute atomic E-state index is 0.0529. The number of nitriles is 1. The molecule has 0 aromatic heterocycles. The monoisotopic (exact) mass is 378 g/mol. The van der Waals surface area contributed by atoms with Gasteiger partial charge in [-0.3, -0.25) is 4.79 Å². The van der Waals surface area contributed by atoms with Crippen molar-refractivity contribution in [1.29, 1.82) is 5.26 Å². The zero-order chi connectivity index (χ0) is 20.5. The van der Waals surface area contributed by atoms with Crippen LogP contribution in [0.3, 0.4) is 0 Å². The Hall–Kier alpha value is -2.87. The van der Waals surface area contributed by atoms with E-state index in [-0.39, 0.29) is 17.8 Å². The normalized spacial score (nSPS) is 17.2. The summed E-state index contributed by atoms with van der Waals surface area (Å²) in [6, 6.07) is 11.5. The van der Waals surface area contributed by atoms with Gasteiger partial charge in [0, 0.05) is 24.6 Å². The largest absolute Gasteiger partial charge is 0.444 e. The highest BCUT2D eigenvalue weighted by atomic mass is 16.6. The Morgan fingerprint density at radius 1 is 1.21 bits per heavy atom. The quantitative estimate of drug-likeness (QED) is 0.701. The molecule has 0 spiro atoms. The first-order chi connectivity index (χ1) is 13.2. The number of carbonyl (C=O) groups excluding carboxylic acids is 2. The van der Waals surface area contributed by atoms with E-state index in [1.807, 2.05) is 52.0 Å². The zero-order valence-corrected chi connectivity index (χ0v) is 16.9. The number of carbonyl (C=O) groups is 2. The van der Waals surface area contributed by atoms with E-state index < -0.39 is 5.60 Å². The molecule has 0 radical (unpaired) electrons. The van der Waals surface area contributed by atoms with Gasteiger partial charge in [0.1, 0.15) is 5.60 Å². The van der Waals surface area contributed by atoms with Crippen LogP contribution < -0.4 is 0 Å². The van der Waals surface area contributed by atoms with Crippen molar-refractivity contribution in [3.63, 3.8) is 0 Å². The van der Waals surface area contributed by atoms with Crippen molar-refractivity contribution >= 4 is 22.6 Å². The van der Waals surface area contributed by atoms with Crippen LogP contribution in [0.5, 0.6) is 0 Å². The number of ether oxygens (including phenoxy) is 1. The van der Waals surface area contributed by atoms with Gasteiger partial charge in [0.25, 0.3) is 0 Å². The molecule has 0 aliphatic carbocycles. The highest BCUT2D eigenvalue weighted by Crippen LogP contribution is 2.27. The molecule has 1 aliphatic rings. The van der Waals surface area contributed by atoms with Crippen LogP contribution >= 0.6 is 0 Å². The molecular weight excluding hydrogens is 352 g/mol. The van der Waals surface area contributed by atoms with E-state index in [1.165, 1.54) is 0 Å². The molecule has 5 nitrogen and oxygen atoms in total. The third-order valence-electron chi connectivity index (χ3n) is 5.14. The first-order valence-electron chi connectivity index (χ1n) is 9.65. The molecule has 0 N–H and O–H groups in total. The number of hydrogen-bond donors (Lipinski definition) is 0. The fourth-order valence-corrected chi connectivity index (χ4v) is 3.68. The van der Waals surface area contributed by atoms with E-state index >= 15 is 0 Å². The number of amides is 1. The van der Waals surface area contributed by atoms with E-state index in [2.05, 4.69) is 6.07 Å². The predicted octanol–water partition coefficient (Wildman–Crippen LogP) is 4.85. The van der Waals surface area contributed by atoms with E-state index in [0.29, 0.717) is 24.2 Å². The number of rotatable bonds is 2. The SMILES string of the molecule is Cc1c(C#N)ccc2cc(C(=O)C3CCCN(C(=O)OC(C)(C)C)C3)ccc12. The summed E-state index contributed by atoms with van der Waals surface area (Å²) in [5.74, 6) is -0.171. The second kappa shape index (κ2) is 7.63. The Bertz CT molecular complexity index is 966. The van der Waals surface area contributed by atoms with Gasteiger partial charge >= 0.3 is 6.09 Å². The standard InChI is InChI=1S/C23H26N2O3/c1-15-18(13-24)8-7-16-12-17(9-10-20(15)16)21(26)19-6-5-11-25(14-19)22(27)28-23(2,3)4/h7-10,12,19H,5-6,11,14H2,1-4H3. The van der Waals surface area contributed by atoms with Crippen LogP contribution in [0.1, 0.15) is 55.1 Å². The van der Waals surface area contributed by atoms with Gasteiger partial charge in [0.15, 0.2) is 5.78 Å². The summed E-state index contributed by atoms with van der Waals surface area (Å²) in [7, 11) is 0. The molecule has 3 rings (SSSR count). The highest BCUT2D eigenvalue weighted by Gasteiger charge is 2.31. The molecule has 1 amide bonds. The molecule has 1 heterocycles. The highest BCUT2D eigenvalue weighted by molar-refractivity contribution is 6.02. The summed E-state index contributed by atoms with van der Waals surface area (Å²) in [5, 5.41) is 11.1. The number of ketones is 1. The van der Waals surface area contributed by atoms with Crippen LogP contribution in [0, 0.1) is 24.2 Å². The van der Waals surface area contributed by atoms with Gasteiger partial charge in [-0.2, -0.15) is 5.26 Å². The van der Waals surface area contributed by atoms with Crippen LogP contribution in [-0.2, 0) is 4.74 Å². The first-order valence-corrected chi connectivity index (χ1v) is 9.65. The third-order valence-corrected chi connectivity index (χ3v) is 5.14. The molecule has 1 saturated heterocycles. The maximum absolute atomic E-state index is 13.1. The van der Waals surface area contributed by atoms with E-state index in [4.69, 9.17) is 4.74 Å². The lowest BCUT2D eigenvalue weighted by atomic mass is 9.88. The number of Topliss-reactive ketones (excluding diaryl/α,β-unsaturated/α-hetero) is 1. The fourth-order valence-electron chi connectivity index (χ4n) is 3.68. The Labute approximate surface area is 165 Å². The number of likely N-dealkylation sites (tertiary alicyclic amines) is 1. The van der Waals surface area contributed by atoms with Crippen LogP contribution in [-0.4, -0.2) is 35.5 Å². The van der Waals surface area contributed by atoms with Crippen molar-refractivity contribution in [1.82, 2.24) is 4.90 Å². The second-order valence-electron chi connectivity index (χ2n) is 8.42. The summed E-state index contributed by atoms with van der Waals surface area (Å²) in [4.78, 5) is 27.1. The third kappa shape index (κ3) is 4.17. The van der Waals surface area contributed by atoms with Crippen molar-refractivity contribution in [2.24, 2.45) is 5.92 Å². The second-order valence-corrected chi connectivity index (χ2v) is 8.42. The van der Waals surface area contributed by atoms with E-state index in [1.54, 1.807) is 11.0 Å². The zero-order valence-electron chi connectivity index (χ0n) is 16.9. The lowest BCUT2D eigenvalue weighted by molar-refractivity contribution is 0.0172. The molecule has 1 aliphatic heterocycles. The average molecular weight is 378 g/mol. The number of piperidine rings is 1. The van der Waals surface area contributed by atoms with Gasteiger partial charge in [0.05, 0.1) is 11.6 Å². The minimum Gasteiger partial charge on any atom is -0.444 e. The molecule has 5 heteroatoms. The lowest BCUT2D eigenvalue weighted by Gasteiger charge is -2.33. The van der Waals surface area contributed by atoms with Crippen molar-refractivity contribution in [2.75, 3.05) is 13.1 Å². The Kier molecular flexibility index (Phi) is 5.42. The molecule has 1 atom stereocenters. The molecule has 1 fully saturated rings. The summed E-state index contributed by atoms with van der Waals surface area (Å²) in [5.41, 5.74) is 1.67. The van der Waals surface area contributed by atoms with Crippen molar-refractivity contribution in [3.8, 4) is 6.07 Å². The van der Waals surface area contributed by atoms with Gasteiger partial charge in [-0.25, -0.2) is 4.79 Å². The number of hydrogen-bond acceptors (Lipinski definition) is 4. The van der Waals surface area contributed by atoms with Crippen molar-refractivity contribution in [2.45, 2.75) is 46.1 Å². The molecule has 28 heavy (non-hydrogen) atoms. The van der Waals surface area contributed by atoms with Crippen LogP contribution in [0.25, 0.3) is 10.8 Å². The predicted molar refractivity (Wildman–Crippen MR) is 108 cm³/mol. The molecule has 2 aromatic carbocycles. The van der Waals surface area contributed by atoms with Crippen molar-refractivity contribution < 1.29 is 14.3 Å². The smallest absolute Gasteiger partial charge is 0.410 e. The van der Waals surface area contributed by atoms with E-state index in [9.17, 15) is 14.9 Å². The van der Waals surface area contributed by atoms with Crippen molar-refractivity contribution in [3.05, 3.63) is 47.0 Å². The molecular formula is C23H26N2O3. The molecule has 0 bridgehead atoms. The topological polar surface area (TPSA) is 70.4 Å². The van der Waals surface area contributed by atoms with Gasteiger partial charge in [-0.1, -0.05) is 18.2 Å². The molecule has 0 saturated carbocycles. The van der Waals surface area contributed by atoms with Crippen LogP contribution in [0.15, 0.2) is 30.3 Å². The summed E-state index contributed by atoms with van der Waals surface area (Å²) >= 11 is 0. The average Bonchev–Trinajstić information content (AvgIpc) is 2.66. The molecule has 1 unspecified atom stereocenters. The Morgan fingerprint density at radius 3 is 2.64 bits per heavy atom. The summed E-state index contributed by atoms with van der Waals surface area (Å²) < 4.78 is 5.45. The van der Waals surface area contributed by atoms with Gasteiger partial charge in [-0.05, 0) is 69.0 Å². The number of benzene rings is 2. The van der Waals surface area contributed by atoms with Gasteiger partial charge in [0.2, 0.25) is 0 Å². The van der Waals surface area contributed by atoms with Crippen LogP contribution in [0.4, 0.5) is 4.79 Å². The van der Waals surface area contributed by atoms with Gasteiger partial charge in [-0.15, -0.1) is 0 Å². The Balaban J connectivity index is 1.80. The molecule has 2 aromatic rings. The maximum atomic E-state index is 13.1. The fraction of sp³-hybridized carbons (Fsp3) is 0.435. The Morgan fingerprint density at radius 2 is 1.96 bits per heavy atom. The number of fused-ring (bicyclic) bond motifs is 1. The summed E-state index contributed by atoms with van der Waals surface area (Å²) in [6.45, 7) is 8.44. The molecule has 146 valence electrons. The van der Waals surface area contributed by atoms with Crippen LogP contribution in [0.2, 0.25) is 0 Å². The van der Waals surface area contributed by atoms with E-state index in [0.717, 1.165) is 29.2 Å². The maximum Gasteiger partial charge on any atom is 0.410 e. The summed E-state index contributed by atoms with van der Waals surface area (Å²) in [6.07, 6.45) is 1.19. The number of nitrogens with zero attached hydrogens (tertiary/aromatic N) is 2.